The first kappa shape index (κ1) is 34.8. The summed E-state index contributed by atoms with van der Waals surface area (Å²) in [5.74, 6) is -0.984. The number of halogens is 4. The number of rotatable bonds is 7. The molecule has 0 bridgehead atoms. The molecule has 0 spiro atoms. The normalized spacial score (nSPS) is 15.6. The first-order valence-corrected chi connectivity index (χ1v) is 16.3. The number of piperazine rings is 1. The monoisotopic (exact) mass is 715 g/mol. The highest BCUT2D eigenvalue weighted by Gasteiger charge is 2.32. The average molecular weight is 716 g/mol. The number of hydrogen-bond acceptors (Lipinski definition) is 10. The van der Waals surface area contributed by atoms with E-state index in [-0.39, 0.29) is 72.0 Å². The maximum absolute atomic E-state index is 14.2. The van der Waals surface area contributed by atoms with E-state index in [1.54, 1.807) is 11.5 Å². The predicted molar refractivity (Wildman–Crippen MR) is 176 cm³/mol. The quantitative estimate of drug-likeness (QED) is 0.289. The van der Waals surface area contributed by atoms with Crippen LogP contribution in [-0.2, 0) is 28.7 Å². The van der Waals surface area contributed by atoms with Crippen LogP contribution in [0.4, 0.5) is 24.5 Å². The Hall–Kier alpha value is -5.03. The lowest BCUT2D eigenvalue weighted by Gasteiger charge is -2.36. The molecule has 5 heterocycles. The number of aryl methyl sites for hydroxylation is 1. The van der Waals surface area contributed by atoms with E-state index in [4.69, 9.17) is 16.3 Å². The summed E-state index contributed by atoms with van der Waals surface area (Å²) in [4.78, 5) is 56.8. The Morgan fingerprint density at radius 1 is 1.12 bits per heavy atom. The number of alkyl halides is 3. The second kappa shape index (κ2) is 14.1. The molecule has 0 atom stereocenters. The van der Waals surface area contributed by atoms with Gasteiger partial charge in [0, 0.05) is 26.2 Å². The highest BCUT2D eigenvalue weighted by molar-refractivity contribution is 6.33. The first-order valence-electron chi connectivity index (χ1n) is 15.9. The van der Waals surface area contributed by atoms with Crippen molar-refractivity contribution in [2.75, 3.05) is 49.6 Å². The van der Waals surface area contributed by atoms with Crippen molar-refractivity contribution < 1.29 is 32.6 Å². The van der Waals surface area contributed by atoms with E-state index in [1.165, 1.54) is 11.2 Å². The molecule has 2 N–H and O–H groups in total. The van der Waals surface area contributed by atoms with Gasteiger partial charge in [0.15, 0.2) is 17.3 Å². The third-order valence-electron chi connectivity index (χ3n) is 8.58. The van der Waals surface area contributed by atoms with Crippen molar-refractivity contribution in [3.05, 3.63) is 74.4 Å². The van der Waals surface area contributed by atoms with Crippen molar-refractivity contribution >= 4 is 46.1 Å². The summed E-state index contributed by atoms with van der Waals surface area (Å²) in [6.45, 7) is 4.86. The van der Waals surface area contributed by atoms with E-state index in [1.807, 2.05) is 17.9 Å². The molecule has 4 aromatic rings. The van der Waals surface area contributed by atoms with Gasteiger partial charge in [0.1, 0.15) is 18.6 Å². The molecule has 6 rings (SSSR count). The summed E-state index contributed by atoms with van der Waals surface area (Å²) in [5, 5.41) is 17.2. The Morgan fingerprint density at radius 2 is 1.88 bits per heavy atom. The lowest BCUT2D eigenvalue weighted by atomic mass is 10.1. The Balaban J connectivity index is 1.35. The van der Waals surface area contributed by atoms with Crippen LogP contribution in [0.5, 0.6) is 5.75 Å². The van der Waals surface area contributed by atoms with Crippen molar-refractivity contribution in [3.63, 3.8) is 0 Å². The predicted octanol–water partition coefficient (Wildman–Crippen LogP) is 3.72. The van der Waals surface area contributed by atoms with E-state index >= 15 is 0 Å². The number of carbonyl (C=O) groups excluding carboxylic acids is 2. The smallest absolute Gasteiger partial charge is 0.416 e. The third-order valence-corrected chi connectivity index (χ3v) is 8.89. The number of fused-ring (bicyclic) bond motifs is 1. The molecular weight excluding hydrogens is 683 g/mol. The molecule has 14 nitrogen and oxygen atoms in total. The molecule has 1 fully saturated rings. The SMILES string of the molecule is CCc1c(N2CCN(C(=O)c3ncnc(C)c3O)CC2)c(=O)n2nc(C3=CCCOCC3)nc2n1CC(=O)Nc1ccc(C(F)(F)F)cc1Cl. The Labute approximate surface area is 288 Å². The van der Waals surface area contributed by atoms with Crippen molar-refractivity contribution in [1.82, 2.24) is 34.0 Å². The number of anilines is 2. The molecule has 0 radical (unpaired) electrons. The minimum Gasteiger partial charge on any atom is -0.504 e. The topological polar surface area (TPSA) is 160 Å². The molecule has 2 amide bonds. The molecule has 2 aliphatic rings. The van der Waals surface area contributed by atoms with Crippen LogP contribution in [0, 0.1) is 6.92 Å². The molecule has 1 aromatic carbocycles. The van der Waals surface area contributed by atoms with Crippen LogP contribution in [-0.4, -0.2) is 90.3 Å². The van der Waals surface area contributed by atoms with Crippen LogP contribution >= 0.6 is 11.6 Å². The van der Waals surface area contributed by atoms with Gasteiger partial charge in [0.25, 0.3) is 11.5 Å². The zero-order valence-electron chi connectivity index (χ0n) is 27.1. The van der Waals surface area contributed by atoms with Crippen molar-refractivity contribution in [2.45, 2.75) is 45.8 Å². The van der Waals surface area contributed by atoms with Crippen LogP contribution in [0.25, 0.3) is 11.4 Å². The van der Waals surface area contributed by atoms with Gasteiger partial charge in [-0.1, -0.05) is 24.6 Å². The summed E-state index contributed by atoms with van der Waals surface area (Å²) in [5.41, 5.74) is 0.237. The van der Waals surface area contributed by atoms with Gasteiger partial charge in [-0.25, -0.2) is 9.97 Å². The summed E-state index contributed by atoms with van der Waals surface area (Å²) in [6.07, 6.45) is -0.0168. The molecule has 2 aliphatic heterocycles. The molecule has 18 heteroatoms. The molecule has 1 saturated heterocycles. The van der Waals surface area contributed by atoms with Crippen molar-refractivity contribution in [1.29, 1.82) is 0 Å². The largest absolute Gasteiger partial charge is 0.504 e. The van der Waals surface area contributed by atoms with Gasteiger partial charge >= 0.3 is 6.18 Å². The second-order valence-corrected chi connectivity index (χ2v) is 12.2. The summed E-state index contributed by atoms with van der Waals surface area (Å²) in [6, 6.07) is 2.63. The molecule has 0 saturated carbocycles. The van der Waals surface area contributed by atoms with Gasteiger partial charge in [0.2, 0.25) is 11.7 Å². The summed E-state index contributed by atoms with van der Waals surface area (Å²) >= 11 is 6.11. The minimum atomic E-state index is -4.61. The number of amides is 2. The molecule has 3 aromatic heterocycles. The lowest BCUT2D eigenvalue weighted by Crippen LogP contribution is -2.51. The fourth-order valence-electron chi connectivity index (χ4n) is 6.00. The maximum Gasteiger partial charge on any atom is 0.416 e. The first-order chi connectivity index (χ1) is 23.9. The number of benzene rings is 1. The summed E-state index contributed by atoms with van der Waals surface area (Å²) in [7, 11) is 0. The number of nitrogens with one attached hydrogen (secondary N) is 1. The second-order valence-electron chi connectivity index (χ2n) is 11.7. The van der Waals surface area contributed by atoms with Crippen molar-refractivity contribution in [2.24, 2.45) is 0 Å². The van der Waals surface area contributed by atoms with Crippen LogP contribution < -0.4 is 15.8 Å². The van der Waals surface area contributed by atoms with Crippen LogP contribution in [0.1, 0.15) is 53.0 Å². The number of aromatic hydroxyl groups is 1. The van der Waals surface area contributed by atoms with E-state index in [2.05, 4.69) is 25.4 Å². The number of ether oxygens (including phenoxy) is 1. The third kappa shape index (κ3) is 6.87. The van der Waals surface area contributed by atoms with Gasteiger partial charge in [0.05, 0.1) is 40.9 Å². The fraction of sp³-hybridized carbons (Fsp3) is 0.406. The minimum absolute atomic E-state index is 0.0172. The standard InChI is InChI=1S/C32H33ClF3N9O5/c1-3-23-26(42-9-11-43(12-10-42)29(48)25-27(47)18(2)37-17-38-25)30(49)45-31(40-28(41-45)19-5-4-13-50-14-8-19)44(23)16-24(46)39-22-7-6-20(15-21(22)33)32(34,35)36/h5-7,15,17,47H,3-4,8-14,16H2,1-2H3,(H,39,46). The van der Waals surface area contributed by atoms with E-state index in [0.717, 1.165) is 28.3 Å². The fourth-order valence-corrected chi connectivity index (χ4v) is 6.23. The highest BCUT2D eigenvalue weighted by atomic mass is 35.5. The molecule has 0 unspecified atom stereocenters. The van der Waals surface area contributed by atoms with Gasteiger partial charge in [-0.2, -0.15) is 22.7 Å². The lowest BCUT2D eigenvalue weighted by molar-refractivity contribution is -0.137. The van der Waals surface area contributed by atoms with E-state index < -0.39 is 29.1 Å². The van der Waals surface area contributed by atoms with Crippen LogP contribution in [0.3, 0.4) is 0 Å². The zero-order valence-corrected chi connectivity index (χ0v) is 27.9. The zero-order chi connectivity index (χ0) is 35.7. The molecule has 50 heavy (non-hydrogen) atoms. The van der Waals surface area contributed by atoms with Gasteiger partial charge in [-0.3, -0.25) is 14.4 Å². The summed E-state index contributed by atoms with van der Waals surface area (Å²) < 4.78 is 47.8. The Morgan fingerprint density at radius 3 is 2.58 bits per heavy atom. The van der Waals surface area contributed by atoms with Crippen LogP contribution in [0.2, 0.25) is 5.02 Å². The van der Waals surface area contributed by atoms with Gasteiger partial charge in [-0.15, -0.1) is 5.10 Å². The number of carbonyl (C=O) groups is 2. The number of hydrogen-bond donors (Lipinski definition) is 2. The average Bonchev–Trinajstić information content (AvgIpc) is 3.36. The van der Waals surface area contributed by atoms with Gasteiger partial charge < -0.3 is 29.5 Å². The van der Waals surface area contributed by atoms with Crippen molar-refractivity contribution in [3.8, 4) is 5.75 Å². The van der Waals surface area contributed by atoms with Crippen LogP contribution in [0.15, 0.2) is 35.4 Å². The molecular formula is C32H33ClF3N9O5. The molecule has 264 valence electrons. The van der Waals surface area contributed by atoms with E-state index in [0.29, 0.717) is 44.0 Å². The molecule has 0 aliphatic carbocycles. The Kier molecular flexibility index (Phi) is 9.80. The van der Waals surface area contributed by atoms with Gasteiger partial charge in [-0.05, 0) is 50.0 Å². The highest BCUT2D eigenvalue weighted by Crippen LogP contribution is 2.34. The Bertz CT molecular complexity index is 2060. The van der Waals surface area contributed by atoms with E-state index in [9.17, 15) is 32.7 Å². The number of aromatic nitrogens is 6. The number of nitrogens with zero attached hydrogens (tertiary/aromatic N) is 8. The maximum atomic E-state index is 14.2.